The van der Waals surface area contributed by atoms with E-state index in [1.54, 1.807) is 0 Å². The predicted molar refractivity (Wildman–Crippen MR) is 63.1 cm³/mol. The topological polar surface area (TPSA) is 137 Å². The molecule has 0 amide bonds. The molecule has 0 radical (unpaired) electrons. The van der Waals surface area contributed by atoms with Gasteiger partial charge in [0.1, 0.15) is 29.8 Å². The van der Waals surface area contributed by atoms with Gasteiger partial charge in [0, 0.05) is 0 Å². The zero-order chi connectivity index (χ0) is 14.9. The summed E-state index contributed by atoms with van der Waals surface area (Å²) in [7, 11) is 0. The van der Waals surface area contributed by atoms with E-state index in [-0.39, 0.29) is 11.5 Å². The third kappa shape index (κ3) is 2.83. The van der Waals surface area contributed by atoms with Gasteiger partial charge in [0.15, 0.2) is 6.10 Å². The molecule has 0 bridgehead atoms. The van der Waals surface area contributed by atoms with Gasteiger partial charge in [-0.25, -0.2) is 4.79 Å². The zero-order valence-corrected chi connectivity index (χ0v) is 10.2. The molecule has 0 unspecified atom stereocenters. The lowest BCUT2D eigenvalue weighted by Crippen LogP contribution is -2.61. The van der Waals surface area contributed by atoms with Crippen molar-refractivity contribution in [2.75, 3.05) is 0 Å². The summed E-state index contributed by atoms with van der Waals surface area (Å²) in [6, 6.07) is 5.40. The third-order valence-electron chi connectivity index (χ3n) is 2.90. The van der Waals surface area contributed by atoms with Crippen molar-refractivity contribution in [3.05, 3.63) is 24.3 Å². The average Bonchev–Trinajstić information content (AvgIpc) is 2.41. The second-order valence-electron chi connectivity index (χ2n) is 4.35. The highest BCUT2D eigenvalue weighted by Gasteiger charge is 2.48. The van der Waals surface area contributed by atoms with E-state index < -0.39 is 36.7 Å². The zero-order valence-electron chi connectivity index (χ0n) is 10.2. The molecule has 1 aliphatic heterocycles. The van der Waals surface area contributed by atoms with Gasteiger partial charge in [-0.2, -0.15) is 0 Å². The first kappa shape index (κ1) is 14.5. The minimum Gasteiger partial charge on any atom is -0.508 e. The summed E-state index contributed by atoms with van der Waals surface area (Å²) in [5.74, 6) is -1.29. The number of carboxylic acids is 1. The Balaban J connectivity index is 2.13. The predicted octanol–water partition coefficient (Wildman–Crippen LogP) is -1.34. The molecule has 1 saturated heterocycles. The van der Waals surface area contributed by atoms with Gasteiger partial charge in [-0.1, -0.05) is 0 Å². The van der Waals surface area contributed by atoms with Gasteiger partial charge in [-0.15, -0.1) is 0 Å². The molecule has 0 saturated carbocycles. The molecule has 20 heavy (non-hydrogen) atoms. The monoisotopic (exact) mass is 286 g/mol. The molecule has 8 nitrogen and oxygen atoms in total. The van der Waals surface area contributed by atoms with Gasteiger partial charge in [-0.3, -0.25) is 0 Å². The molecule has 5 N–H and O–H groups in total. The van der Waals surface area contributed by atoms with Crippen molar-refractivity contribution in [2.45, 2.75) is 30.7 Å². The summed E-state index contributed by atoms with van der Waals surface area (Å²) in [4.78, 5) is 10.9. The standard InChI is InChI=1S/C12H14O8/c13-5-1-3-6(4-2-5)19-12-9(16)7(14)8(15)10(20-12)11(17)18/h1-4,7-10,12-16H,(H,17,18)/t7-,8+,9+,10-,12+/m1/s1. The van der Waals surface area contributed by atoms with Crippen molar-refractivity contribution in [3.8, 4) is 11.5 Å². The van der Waals surface area contributed by atoms with E-state index in [9.17, 15) is 20.1 Å². The fraction of sp³-hybridized carbons (Fsp3) is 0.417. The van der Waals surface area contributed by atoms with Crippen LogP contribution >= 0.6 is 0 Å². The summed E-state index contributed by atoms with van der Waals surface area (Å²) >= 11 is 0. The summed E-state index contributed by atoms with van der Waals surface area (Å²) in [5, 5.41) is 46.8. The lowest BCUT2D eigenvalue weighted by atomic mass is 9.99. The Kier molecular flexibility index (Phi) is 4.09. The molecule has 0 aromatic heterocycles. The Morgan fingerprint density at radius 3 is 2.20 bits per heavy atom. The highest BCUT2D eigenvalue weighted by molar-refractivity contribution is 5.73. The molecule has 110 valence electrons. The maximum Gasteiger partial charge on any atom is 0.335 e. The average molecular weight is 286 g/mol. The van der Waals surface area contributed by atoms with E-state index in [2.05, 4.69) is 0 Å². The minimum atomic E-state index is -1.76. The first-order chi connectivity index (χ1) is 9.40. The molecule has 0 aliphatic carbocycles. The van der Waals surface area contributed by atoms with Crippen molar-refractivity contribution in [1.29, 1.82) is 0 Å². The lowest BCUT2D eigenvalue weighted by Gasteiger charge is -2.38. The van der Waals surface area contributed by atoms with Crippen LogP contribution in [0, 0.1) is 0 Å². The number of aliphatic hydroxyl groups excluding tert-OH is 3. The Labute approximate surface area is 113 Å². The number of aliphatic carboxylic acids is 1. The number of benzene rings is 1. The van der Waals surface area contributed by atoms with Crippen LogP contribution in [0.5, 0.6) is 11.5 Å². The fourth-order valence-corrected chi connectivity index (χ4v) is 1.81. The van der Waals surface area contributed by atoms with E-state index in [4.69, 9.17) is 19.7 Å². The van der Waals surface area contributed by atoms with Crippen LogP contribution in [0.4, 0.5) is 0 Å². The van der Waals surface area contributed by atoms with Crippen molar-refractivity contribution >= 4 is 5.97 Å². The second-order valence-corrected chi connectivity index (χ2v) is 4.35. The number of aromatic hydroxyl groups is 1. The van der Waals surface area contributed by atoms with Crippen molar-refractivity contribution in [3.63, 3.8) is 0 Å². The highest BCUT2D eigenvalue weighted by Crippen LogP contribution is 2.25. The number of rotatable bonds is 3. The molecule has 2 rings (SSSR count). The maximum atomic E-state index is 10.9. The van der Waals surface area contributed by atoms with Gasteiger partial charge < -0.3 is 35.0 Å². The van der Waals surface area contributed by atoms with E-state index >= 15 is 0 Å². The molecular weight excluding hydrogens is 272 g/mol. The van der Waals surface area contributed by atoms with Gasteiger partial charge in [0.2, 0.25) is 6.29 Å². The van der Waals surface area contributed by atoms with Gasteiger partial charge >= 0.3 is 5.97 Å². The largest absolute Gasteiger partial charge is 0.508 e. The molecule has 1 aliphatic rings. The second kappa shape index (κ2) is 5.63. The van der Waals surface area contributed by atoms with Crippen LogP contribution in [0.3, 0.4) is 0 Å². The van der Waals surface area contributed by atoms with Gasteiger partial charge in [-0.05, 0) is 24.3 Å². The first-order valence-electron chi connectivity index (χ1n) is 5.78. The molecule has 8 heteroatoms. The molecule has 5 atom stereocenters. The molecule has 1 aromatic rings. The lowest BCUT2D eigenvalue weighted by molar-refractivity contribution is -0.271. The summed E-state index contributed by atoms with van der Waals surface area (Å²) in [5.41, 5.74) is 0. The van der Waals surface area contributed by atoms with Crippen molar-refractivity contribution in [1.82, 2.24) is 0 Å². The summed E-state index contributed by atoms with van der Waals surface area (Å²) in [6.07, 6.45) is -8.27. The number of phenolic OH excluding ortho intramolecular Hbond substituents is 1. The summed E-state index contributed by atoms with van der Waals surface area (Å²) in [6.45, 7) is 0. The normalized spacial score (nSPS) is 33.6. The van der Waals surface area contributed by atoms with Gasteiger partial charge in [0.25, 0.3) is 0 Å². The Morgan fingerprint density at radius 1 is 1.05 bits per heavy atom. The molecule has 0 spiro atoms. The van der Waals surface area contributed by atoms with Crippen LogP contribution < -0.4 is 4.74 Å². The van der Waals surface area contributed by atoms with Crippen molar-refractivity contribution in [2.24, 2.45) is 0 Å². The maximum absolute atomic E-state index is 10.9. The number of hydrogen-bond donors (Lipinski definition) is 5. The number of phenols is 1. The molecule has 1 heterocycles. The van der Waals surface area contributed by atoms with E-state index in [0.29, 0.717) is 0 Å². The Hall–Kier alpha value is -1.87. The Bertz CT molecular complexity index is 473. The quantitative estimate of drug-likeness (QED) is 0.460. The highest BCUT2D eigenvalue weighted by atomic mass is 16.7. The number of carboxylic acid groups (broad SMARTS) is 1. The Morgan fingerprint density at radius 2 is 1.65 bits per heavy atom. The first-order valence-corrected chi connectivity index (χ1v) is 5.78. The minimum absolute atomic E-state index is 0.00123. The number of ether oxygens (including phenoxy) is 2. The van der Waals surface area contributed by atoms with Crippen LogP contribution in [0.2, 0.25) is 0 Å². The molecule has 1 aromatic carbocycles. The summed E-state index contributed by atoms with van der Waals surface area (Å²) < 4.78 is 10.1. The van der Waals surface area contributed by atoms with E-state index in [1.807, 2.05) is 0 Å². The van der Waals surface area contributed by atoms with Gasteiger partial charge in [0.05, 0.1) is 0 Å². The number of carbonyl (C=O) groups is 1. The van der Waals surface area contributed by atoms with E-state index in [0.717, 1.165) is 0 Å². The molecular formula is C12H14O8. The van der Waals surface area contributed by atoms with Crippen molar-refractivity contribution < 1.29 is 39.8 Å². The van der Waals surface area contributed by atoms with Crippen LogP contribution in [0.25, 0.3) is 0 Å². The third-order valence-corrected chi connectivity index (χ3v) is 2.90. The van der Waals surface area contributed by atoms with Crippen LogP contribution in [-0.2, 0) is 9.53 Å². The number of hydrogen-bond acceptors (Lipinski definition) is 7. The SMILES string of the molecule is O=C(O)[C@@H]1O[C@H](Oc2ccc(O)cc2)[C@@H](O)[C@H](O)[C@@H]1O. The smallest absolute Gasteiger partial charge is 0.335 e. The van der Waals surface area contributed by atoms with Crippen LogP contribution in [0.15, 0.2) is 24.3 Å². The van der Waals surface area contributed by atoms with Crippen LogP contribution in [0.1, 0.15) is 0 Å². The fourth-order valence-electron chi connectivity index (χ4n) is 1.81. The van der Waals surface area contributed by atoms with Crippen LogP contribution in [-0.4, -0.2) is 62.2 Å². The number of aliphatic hydroxyl groups is 3. The molecule has 1 fully saturated rings. The van der Waals surface area contributed by atoms with E-state index in [1.165, 1.54) is 24.3 Å².